The highest BCUT2D eigenvalue weighted by atomic mass is 32.2. The quantitative estimate of drug-likeness (QED) is 0.809. The van der Waals surface area contributed by atoms with Crippen LogP contribution in [0.1, 0.15) is 50.5 Å². The highest BCUT2D eigenvalue weighted by molar-refractivity contribution is 7.90. The first-order valence-electron chi connectivity index (χ1n) is 8.97. The molecular formula is C19H25N3O3S. The van der Waals surface area contributed by atoms with Gasteiger partial charge in [0, 0.05) is 25.0 Å². The van der Waals surface area contributed by atoms with Crippen molar-refractivity contribution in [3.63, 3.8) is 0 Å². The molecule has 1 aliphatic heterocycles. The Morgan fingerprint density at radius 2 is 1.96 bits per heavy atom. The number of sulfone groups is 1. The first-order valence-corrected chi connectivity index (χ1v) is 10.9. The van der Waals surface area contributed by atoms with E-state index in [4.69, 9.17) is 0 Å². The fourth-order valence-electron chi connectivity index (χ4n) is 5.26. The molecule has 1 saturated heterocycles. The molecule has 0 spiro atoms. The lowest BCUT2D eigenvalue weighted by molar-refractivity contribution is 0.0704. The molecule has 2 aromatic heterocycles. The smallest absolute Gasteiger partial charge is 0.275 e. The van der Waals surface area contributed by atoms with Crippen LogP contribution in [0, 0.1) is 10.8 Å². The number of aromatic nitrogens is 2. The van der Waals surface area contributed by atoms with E-state index in [1.807, 2.05) is 4.90 Å². The zero-order valence-corrected chi connectivity index (χ0v) is 16.5. The number of rotatable bonds is 2. The second-order valence-corrected chi connectivity index (χ2v) is 11.0. The third kappa shape index (κ3) is 2.73. The fourth-order valence-corrected chi connectivity index (χ4v) is 6.04. The van der Waals surface area contributed by atoms with Crippen molar-refractivity contribution < 1.29 is 13.2 Å². The van der Waals surface area contributed by atoms with Gasteiger partial charge in [0.2, 0.25) is 15.0 Å². The molecule has 140 valence electrons. The predicted molar refractivity (Wildman–Crippen MR) is 98.9 cm³/mol. The molecule has 6 nitrogen and oxygen atoms in total. The summed E-state index contributed by atoms with van der Waals surface area (Å²) in [6.07, 6.45) is 5.84. The highest BCUT2D eigenvalue weighted by Crippen LogP contribution is 2.52. The van der Waals surface area contributed by atoms with Crippen LogP contribution in [-0.4, -0.2) is 47.5 Å². The number of pyridine rings is 1. The van der Waals surface area contributed by atoms with Gasteiger partial charge in [-0.15, -0.1) is 0 Å². The molecule has 2 unspecified atom stereocenters. The maximum Gasteiger partial charge on any atom is 0.275 e. The first kappa shape index (κ1) is 17.5. The minimum Gasteiger partial charge on any atom is -0.334 e. The summed E-state index contributed by atoms with van der Waals surface area (Å²) in [5, 5.41) is -0.0786. The van der Waals surface area contributed by atoms with Crippen LogP contribution in [-0.2, 0) is 9.84 Å². The van der Waals surface area contributed by atoms with E-state index in [9.17, 15) is 13.2 Å². The molecule has 26 heavy (non-hydrogen) atoms. The SMILES string of the molecule is CC1(C)CC2CC(C)(CN2C(=O)c2nc(S(C)(=O)=O)n3ccccc23)C1. The number of hydrogen-bond donors (Lipinski definition) is 0. The molecule has 4 rings (SSSR count). The largest absolute Gasteiger partial charge is 0.334 e. The summed E-state index contributed by atoms with van der Waals surface area (Å²) in [6, 6.07) is 5.48. The molecule has 2 atom stereocenters. The Morgan fingerprint density at radius 1 is 1.23 bits per heavy atom. The van der Waals surface area contributed by atoms with Crippen molar-refractivity contribution in [3.8, 4) is 0 Å². The molecule has 1 amide bonds. The third-order valence-electron chi connectivity index (χ3n) is 5.73. The zero-order chi connectivity index (χ0) is 18.9. The minimum absolute atomic E-state index is 0.0786. The molecule has 3 heterocycles. The van der Waals surface area contributed by atoms with Gasteiger partial charge in [-0.3, -0.25) is 9.20 Å². The molecule has 7 heteroatoms. The summed E-state index contributed by atoms with van der Waals surface area (Å²) in [5.74, 6) is -0.157. The average molecular weight is 375 g/mol. The average Bonchev–Trinajstić information content (AvgIpc) is 3.00. The summed E-state index contributed by atoms with van der Waals surface area (Å²) in [6.45, 7) is 7.49. The lowest BCUT2D eigenvalue weighted by Crippen LogP contribution is -2.38. The minimum atomic E-state index is -3.53. The maximum atomic E-state index is 13.4. The Balaban J connectivity index is 1.79. The number of carbonyl (C=O) groups excluding carboxylic acids is 1. The molecule has 2 fully saturated rings. The van der Waals surface area contributed by atoms with Gasteiger partial charge in [-0.25, -0.2) is 13.4 Å². The van der Waals surface area contributed by atoms with Crippen LogP contribution in [0.5, 0.6) is 0 Å². The number of likely N-dealkylation sites (tertiary alicyclic amines) is 1. The normalized spacial score (nSPS) is 27.8. The molecule has 0 aromatic carbocycles. The lowest BCUT2D eigenvalue weighted by Gasteiger charge is -2.39. The van der Waals surface area contributed by atoms with Gasteiger partial charge in [-0.05, 0) is 42.2 Å². The highest BCUT2D eigenvalue weighted by Gasteiger charge is 2.51. The van der Waals surface area contributed by atoms with E-state index < -0.39 is 9.84 Å². The van der Waals surface area contributed by atoms with Crippen molar-refractivity contribution >= 4 is 21.3 Å². The number of fused-ring (bicyclic) bond motifs is 3. The van der Waals surface area contributed by atoms with Crippen LogP contribution in [0.4, 0.5) is 0 Å². The third-order valence-corrected chi connectivity index (χ3v) is 6.68. The number of hydrogen-bond acceptors (Lipinski definition) is 4. The van der Waals surface area contributed by atoms with Crippen LogP contribution < -0.4 is 0 Å². The Kier molecular flexibility index (Phi) is 3.58. The van der Waals surface area contributed by atoms with E-state index in [2.05, 4.69) is 25.8 Å². The van der Waals surface area contributed by atoms with Crippen molar-refractivity contribution in [3.05, 3.63) is 30.1 Å². The first-order chi connectivity index (χ1) is 12.0. The van der Waals surface area contributed by atoms with Gasteiger partial charge >= 0.3 is 0 Å². The van der Waals surface area contributed by atoms with Crippen LogP contribution in [0.15, 0.2) is 29.6 Å². The van der Waals surface area contributed by atoms with Crippen LogP contribution in [0.2, 0.25) is 0 Å². The summed E-state index contributed by atoms with van der Waals surface area (Å²) in [4.78, 5) is 19.5. The van der Waals surface area contributed by atoms with E-state index in [0.29, 0.717) is 12.1 Å². The molecular weight excluding hydrogens is 350 g/mol. The Hall–Kier alpha value is -1.89. The van der Waals surface area contributed by atoms with E-state index in [-0.39, 0.29) is 33.6 Å². The van der Waals surface area contributed by atoms with E-state index in [1.54, 1.807) is 24.4 Å². The van der Waals surface area contributed by atoms with Gasteiger partial charge < -0.3 is 4.90 Å². The predicted octanol–water partition coefficient (Wildman–Crippen LogP) is 2.78. The fraction of sp³-hybridized carbons (Fsp3) is 0.579. The standard InChI is InChI=1S/C19H25N3O3S/c1-18(2)9-13-10-19(3,11-18)12-22(13)16(23)15-14-7-5-6-8-21(14)17(20-15)26(4,24)25/h5-8,13H,9-12H2,1-4H3. The van der Waals surface area contributed by atoms with Gasteiger partial charge in [0.15, 0.2) is 5.69 Å². The van der Waals surface area contributed by atoms with E-state index >= 15 is 0 Å². The Bertz CT molecular complexity index is 1010. The number of amides is 1. The Labute approximate surface area is 154 Å². The number of carbonyl (C=O) groups is 1. The number of nitrogens with zero attached hydrogens (tertiary/aromatic N) is 3. The van der Waals surface area contributed by atoms with Crippen LogP contribution in [0.3, 0.4) is 0 Å². The molecule has 2 bridgehead atoms. The molecule has 2 aliphatic rings. The van der Waals surface area contributed by atoms with E-state index in [0.717, 1.165) is 25.5 Å². The zero-order valence-electron chi connectivity index (χ0n) is 15.7. The Morgan fingerprint density at radius 3 is 2.65 bits per heavy atom. The van der Waals surface area contributed by atoms with E-state index in [1.165, 1.54) is 4.40 Å². The van der Waals surface area contributed by atoms with Crippen LogP contribution >= 0.6 is 0 Å². The van der Waals surface area contributed by atoms with Crippen molar-refractivity contribution in [1.29, 1.82) is 0 Å². The maximum absolute atomic E-state index is 13.4. The summed E-state index contributed by atoms with van der Waals surface area (Å²) in [5.41, 5.74) is 1.11. The topological polar surface area (TPSA) is 71.8 Å². The molecule has 0 N–H and O–H groups in total. The summed E-state index contributed by atoms with van der Waals surface area (Å²) in [7, 11) is -3.53. The number of imidazole rings is 1. The lowest BCUT2D eigenvalue weighted by atomic mass is 9.65. The monoisotopic (exact) mass is 375 g/mol. The molecule has 1 saturated carbocycles. The molecule has 1 aliphatic carbocycles. The van der Waals surface area contributed by atoms with Crippen LogP contribution in [0.25, 0.3) is 5.52 Å². The second kappa shape index (κ2) is 5.31. The molecule has 0 radical (unpaired) electrons. The van der Waals surface area contributed by atoms with Gasteiger partial charge in [0.25, 0.3) is 5.91 Å². The van der Waals surface area contributed by atoms with Crippen molar-refractivity contribution in [2.24, 2.45) is 10.8 Å². The second-order valence-electron chi connectivity index (χ2n) is 9.12. The van der Waals surface area contributed by atoms with Crippen molar-refractivity contribution in [1.82, 2.24) is 14.3 Å². The van der Waals surface area contributed by atoms with Crippen molar-refractivity contribution in [2.45, 2.75) is 51.2 Å². The summed E-state index contributed by atoms with van der Waals surface area (Å²) >= 11 is 0. The summed E-state index contributed by atoms with van der Waals surface area (Å²) < 4.78 is 25.7. The molecule has 2 aromatic rings. The van der Waals surface area contributed by atoms with Gasteiger partial charge in [0.1, 0.15) is 0 Å². The van der Waals surface area contributed by atoms with Crippen molar-refractivity contribution in [2.75, 3.05) is 12.8 Å². The van der Waals surface area contributed by atoms with Gasteiger partial charge in [-0.1, -0.05) is 26.8 Å². The van der Waals surface area contributed by atoms with Gasteiger partial charge in [0.05, 0.1) is 5.52 Å². The van der Waals surface area contributed by atoms with Gasteiger partial charge in [-0.2, -0.15) is 0 Å².